The van der Waals surface area contributed by atoms with Gasteiger partial charge in [-0.05, 0) is 0 Å². The Morgan fingerprint density at radius 2 is 1.23 bits per heavy atom. The van der Waals surface area contributed by atoms with Gasteiger partial charge < -0.3 is 0 Å². The van der Waals surface area contributed by atoms with E-state index in [9.17, 15) is 0 Å². The molecule has 0 aliphatic heterocycles. The molecule has 0 saturated carbocycles. The summed E-state index contributed by atoms with van der Waals surface area (Å²) in [6.07, 6.45) is 8.34. The van der Waals surface area contributed by atoms with Crippen LogP contribution in [0.15, 0.2) is 82.2 Å². The van der Waals surface area contributed by atoms with Gasteiger partial charge in [0.1, 0.15) is 0 Å². The van der Waals surface area contributed by atoms with Crippen molar-refractivity contribution in [2.24, 2.45) is 0 Å². The largest absolute Gasteiger partial charge is 0.147 e. The number of allylic oxidation sites excluding steroid dienone is 4. The molecule has 1 aliphatic rings. The molecule has 0 spiro atoms. The molecule has 0 nitrogen and oxygen atoms in total. The first-order valence-electron chi connectivity index (χ1n) is 8.21. The van der Waals surface area contributed by atoms with Gasteiger partial charge in [-0.25, -0.2) is 0 Å². The van der Waals surface area contributed by atoms with Crippen LogP contribution in [0.2, 0.25) is 19.6 Å². The first-order chi connectivity index (χ1) is 11.1. The van der Waals surface area contributed by atoms with E-state index in [1.54, 1.807) is 10.6 Å². The van der Waals surface area contributed by atoms with Gasteiger partial charge >= 0.3 is 150 Å². The van der Waals surface area contributed by atoms with Crippen molar-refractivity contribution in [2.75, 3.05) is 0 Å². The number of halogens is 3. The minimum Gasteiger partial charge on any atom is -0.147 e. The first-order valence-corrected chi connectivity index (χ1v) is 21.3. The topological polar surface area (TPSA) is 0 Å². The Balaban J connectivity index is 0.00000208. The van der Waals surface area contributed by atoms with Crippen LogP contribution in [0.4, 0.5) is 0 Å². The second-order valence-corrected chi connectivity index (χ2v) is 38.9. The van der Waals surface area contributed by atoms with Gasteiger partial charge in [0.05, 0.1) is 0 Å². The molecule has 0 saturated heterocycles. The quantitative estimate of drug-likeness (QED) is 0.306. The molecular weight excluding hydrogens is 497 g/mol. The predicted molar refractivity (Wildman–Crippen MR) is 126 cm³/mol. The molecule has 141 valence electrons. The van der Waals surface area contributed by atoms with Crippen LogP contribution in [0.25, 0.3) is 0 Å². The molecule has 0 radical (unpaired) electrons. The molecule has 0 heterocycles. The van der Waals surface area contributed by atoms with Gasteiger partial charge in [0.2, 0.25) is 0 Å². The molecule has 0 N–H and O–H groups in total. The molecule has 3 rings (SSSR count). The van der Waals surface area contributed by atoms with E-state index < -0.39 is 25.5 Å². The predicted octanol–water partition coefficient (Wildman–Crippen LogP) is 6.60. The fraction of sp³-hybridized carbons (Fsp3) is 0.200. The van der Waals surface area contributed by atoms with E-state index >= 15 is 0 Å². The third-order valence-corrected chi connectivity index (χ3v) is 47.0. The zero-order valence-corrected chi connectivity index (χ0v) is 22.2. The third-order valence-electron chi connectivity index (χ3n) is 4.04. The fourth-order valence-electron chi connectivity index (χ4n) is 3.14. The van der Waals surface area contributed by atoms with Gasteiger partial charge in [-0.2, -0.15) is 0 Å². The van der Waals surface area contributed by atoms with Crippen molar-refractivity contribution in [1.29, 1.82) is 0 Å². The number of rotatable bonds is 5. The molecule has 0 amide bonds. The summed E-state index contributed by atoms with van der Waals surface area (Å²) in [6.45, 7) is 7.84. The summed E-state index contributed by atoms with van der Waals surface area (Å²) in [5, 5.41) is 1.86. The molecule has 0 fully saturated rings. The van der Waals surface area contributed by atoms with Crippen LogP contribution in [0.5, 0.6) is 0 Å². The minimum atomic E-state index is -1.76. The zero-order valence-electron chi connectivity index (χ0n) is 15.4. The standard InChI is InChI=1S/C12H10P.C5H5.C3H9Si.3ClH.Zr/c1-3-7-11(8-4-1)13-12-9-5-2-6-10-12;1-2-4-5-3-1;1-4(2)3;;;;/h1-10H;1-3H,4H2;1-3H3;3*1H;/q-1;;;;;;+1. The van der Waals surface area contributed by atoms with Crippen molar-refractivity contribution < 1.29 is 20.3 Å². The van der Waals surface area contributed by atoms with E-state index in [0.29, 0.717) is 0 Å². The van der Waals surface area contributed by atoms with Gasteiger partial charge in [-0.3, -0.25) is 0 Å². The van der Waals surface area contributed by atoms with Crippen molar-refractivity contribution in [3.63, 3.8) is 0 Å². The zero-order chi connectivity index (χ0) is 16.3. The second kappa shape index (κ2) is 12.0. The van der Waals surface area contributed by atoms with Crippen LogP contribution < -0.4 is 10.6 Å². The molecule has 0 bridgehead atoms. The van der Waals surface area contributed by atoms with Gasteiger partial charge in [-0.15, -0.1) is 37.2 Å². The molecule has 6 heteroatoms. The molecule has 1 aliphatic carbocycles. The van der Waals surface area contributed by atoms with Crippen LogP contribution in [0.1, 0.15) is 6.42 Å². The summed E-state index contributed by atoms with van der Waals surface area (Å²) in [5.41, 5.74) is 0. The minimum absolute atomic E-state index is 0. The summed E-state index contributed by atoms with van der Waals surface area (Å²) >= 11 is -1.76. The first kappa shape index (κ1) is 26.3. The smallest absolute Gasteiger partial charge is 0.147 e. The van der Waals surface area contributed by atoms with Crippen molar-refractivity contribution >= 4 is 58.2 Å². The Kier molecular flexibility index (Phi) is 12.2. The van der Waals surface area contributed by atoms with Crippen molar-refractivity contribution in [3.8, 4) is 0 Å². The van der Waals surface area contributed by atoms with Crippen molar-refractivity contribution in [1.82, 2.24) is 0 Å². The normalized spacial score (nSPS) is 12.5. The summed E-state index contributed by atoms with van der Waals surface area (Å²) in [4.78, 5) is 0. The SMILES string of the molecule is C[Si](C)(C)[Zr]([C]1=CC=CC1)[P](c1ccccc1)c1ccccc1.Cl.Cl.Cl. The maximum atomic E-state index is 2.61. The molecule has 0 unspecified atom stereocenters. The summed E-state index contributed by atoms with van der Waals surface area (Å²) in [7, 11) is 0. The van der Waals surface area contributed by atoms with Crippen LogP contribution in [-0.4, -0.2) is 5.20 Å². The van der Waals surface area contributed by atoms with Crippen molar-refractivity contribution in [2.45, 2.75) is 26.1 Å². The van der Waals surface area contributed by atoms with Crippen molar-refractivity contribution in [3.05, 3.63) is 82.2 Å². The maximum Gasteiger partial charge on any atom is -0.147 e. The maximum absolute atomic E-state index is 2.61. The molecule has 2 aromatic rings. The molecule has 0 aromatic heterocycles. The van der Waals surface area contributed by atoms with E-state index in [1.807, 2.05) is 3.28 Å². The van der Waals surface area contributed by atoms with E-state index in [0.717, 1.165) is 0 Å². The van der Waals surface area contributed by atoms with Crippen LogP contribution in [-0.2, 0) is 20.3 Å². The van der Waals surface area contributed by atoms with Gasteiger partial charge in [0, 0.05) is 0 Å². The monoisotopic (exact) mass is 521 g/mol. The molecular formula is C20H27Cl3PSiZr. The summed E-state index contributed by atoms with van der Waals surface area (Å²) < 4.78 is 1.84. The van der Waals surface area contributed by atoms with Gasteiger partial charge in [0.15, 0.2) is 0 Å². The van der Waals surface area contributed by atoms with E-state index in [-0.39, 0.29) is 42.4 Å². The average molecular weight is 524 g/mol. The summed E-state index contributed by atoms with van der Waals surface area (Å²) in [5.74, 6) is 0. The van der Waals surface area contributed by atoms with E-state index in [1.165, 1.54) is 6.42 Å². The molecule has 0 atom stereocenters. The number of hydrogen-bond donors (Lipinski definition) is 0. The number of hydrogen-bond acceptors (Lipinski definition) is 0. The van der Waals surface area contributed by atoms with Crippen LogP contribution in [0, 0.1) is 0 Å². The molecule has 2 aromatic carbocycles. The Bertz CT molecular complexity index is 675. The van der Waals surface area contributed by atoms with E-state index in [4.69, 9.17) is 0 Å². The Morgan fingerprint density at radius 1 is 0.769 bits per heavy atom. The molecule has 26 heavy (non-hydrogen) atoms. The second-order valence-electron chi connectivity index (χ2n) is 6.93. The van der Waals surface area contributed by atoms with Crippen LogP contribution in [0.3, 0.4) is 0 Å². The third kappa shape index (κ3) is 6.44. The van der Waals surface area contributed by atoms with Gasteiger partial charge in [-0.1, -0.05) is 0 Å². The fourth-order valence-corrected chi connectivity index (χ4v) is 47.0. The number of benzene rings is 2. The Hall–Kier alpha value is 0.320. The van der Waals surface area contributed by atoms with Gasteiger partial charge in [0.25, 0.3) is 0 Å². The summed E-state index contributed by atoms with van der Waals surface area (Å²) in [6, 6.07) is 22.7. The van der Waals surface area contributed by atoms with E-state index in [2.05, 4.69) is 98.5 Å². The average Bonchev–Trinajstić information content (AvgIpc) is 3.06. The Morgan fingerprint density at radius 3 is 1.58 bits per heavy atom. The van der Waals surface area contributed by atoms with Crippen LogP contribution >= 0.6 is 42.4 Å². The Labute approximate surface area is 185 Å².